The lowest BCUT2D eigenvalue weighted by molar-refractivity contribution is -0.133. The van der Waals surface area contributed by atoms with Crippen LogP contribution in [-0.4, -0.2) is 32.0 Å². The van der Waals surface area contributed by atoms with Gasteiger partial charge in [-0.1, -0.05) is 36.4 Å². The molecule has 1 aliphatic heterocycles. The molecule has 0 saturated heterocycles. The molecule has 4 aromatic rings. The average molecular weight is 473 g/mol. The van der Waals surface area contributed by atoms with Crippen LogP contribution in [0.5, 0.6) is 0 Å². The Morgan fingerprint density at radius 3 is 2.71 bits per heavy atom. The first-order valence-electron chi connectivity index (χ1n) is 11.4. The van der Waals surface area contributed by atoms with Crippen molar-refractivity contribution in [1.29, 1.82) is 0 Å². The van der Waals surface area contributed by atoms with E-state index in [1.165, 1.54) is 23.3 Å². The van der Waals surface area contributed by atoms with E-state index in [0.717, 1.165) is 11.1 Å². The topological polar surface area (TPSA) is 80.4 Å². The molecular formula is C27H25FN4O3. The number of hydrogen-bond donors (Lipinski definition) is 1. The number of nitrogens with one attached hydrogen (secondary N) is 1. The Morgan fingerprint density at radius 2 is 1.97 bits per heavy atom. The zero-order valence-electron chi connectivity index (χ0n) is 19.5. The number of carbonyl (C=O) groups is 2. The normalized spacial score (nSPS) is 17.3. The van der Waals surface area contributed by atoms with Gasteiger partial charge < -0.3 is 14.6 Å². The van der Waals surface area contributed by atoms with Gasteiger partial charge in [-0.2, -0.15) is 5.10 Å². The number of hydrogen-bond acceptors (Lipinski definition) is 4. The summed E-state index contributed by atoms with van der Waals surface area (Å²) in [6.07, 6.45) is 1.54. The molecule has 7 nitrogen and oxygen atoms in total. The molecule has 0 saturated carbocycles. The summed E-state index contributed by atoms with van der Waals surface area (Å²) < 4.78 is 20.9. The Morgan fingerprint density at radius 1 is 1.14 bits per heavy atom. The zero-order valence-corrected chi connectivity index (χ0v) is 19.5. The van der Waals surface area contributed by atoms with E-state index in [0.29, 0.717) is 29.3 Å². The van der Waals surface area contributed by atoms with Crippen molar-refractivity contribution in [3.8, 4) is 11.5 Å². The van der Waals surface area contributed by atoms with E-state index in [-0.39, 0.29) is 24.9 Å². The first-order chi connectivity index (χ1) is 16.8. The maximum atomic E-state index is 13.9. The van der Waals surface area contributed by atoms with Crippen molar-refractivity contribution in [3.63, 3.8) is 0 Å². The van der Waals surface area contributed by atoms with Crippen molar-refractivity contribution in [2.45, 2.75) is 39.0 Å². The van der Waals surface area contributed by atoms with Crippen LogP contribution in [0.4, 0.5) is 4.39 Å². The van der Waals surface area contributed by atoms with Crippen molar-refractivity contribution in [1.82, 2.24) is 20.0 Å². The maximum absolute atomic E-state index is 13.9. The highest BCUT2D eigenvalue weighted by Gasteiger charge is 2.48. The van der Waals surface area contributed by atoms with Crippen LogP contribution in [0.1, 0.15) is 34.1 Å². The number of benzene rings is 2. The fourth-order valence-corrected chi connectivity index (χ4v) is 4.43. The number of aryl methyl sites for hydroxylation is 1. The van der Waals surface area contributed by atoms with Crippen molar-refractivity contribution < 1.29 is 18.4 Å². The molecule has 1 unspecified atom stereocenters. The fraction of sp³-hybridized carbons (Fsp3) is 0.222. The Balaban J connectivity index is 1.50. The highest BCUT2D eigenvalue weighted by molar-refractivity contribution is 6.00. The Kier molecular flexibility index (Phi) is 5.72. The van der Waals surface area contributed by atoms with Gasteiger partial charge in [-0.05, 0) is 54.8 Å². The van der Waals surface area contributed by atoms with E-state index >= 15 is 0 Å². The monoisotopic (exact) mass is 472 g/mol. The molecule has 2 aromatic heterocycles. The summed E-state index contributed by atoms with van der Waals surface area (Å²) in [5.41, 5.74) is 2.24. The van der Waals surface area contributed by atoms with Gasteiger partial charge in [0.1, 0.15) is 22.7 Å². The lowest BCUT2D eigenvalue weighted by atomic mass is 9.93. The number of carbonyl (C=O) groups excluding carboxylic acids is 2. The molecular weight excluding hydrogens is 447 g/mol. The summed E-state index contributed by atoms with van der Waals surface area (Å²) >= 11 is 0. The van der Waals surface area contributed by atoms with E-state index < -0.39 is 11.4 Å². The van der Waals surface area contributed by atoms with Crippen LogP contribution >= 0.6 is 0 Å². The molecule has 0 spiro atoms. The quantitative estimate of drug-likeness (QED) is 0.453. The number of aromatic nitrogens is 2. The van der Waals surface area contributed by atoms with Crippen molar-refractivity contribution in [2.75, 3.05) is 0 Å². The van der Waals surface area contributed by atoms with E-state index in [1.54, 1.807) is 41.9 Å². The van der Waals surface area contributed by atoms with Gasteiger partial charge in [0, 0.05) is 19.2 Å². The minimum absolute atomic E-state index is 0.0755. The first kappa shape index (κ1) is 22.6. The van der Waals surface area contributed by atoms with Gasteiger partial charge >= 0.3 is 0 Å². The summed E-state index contributed by atoms with van der Waals surface area (Å²) in [5, 5.41) is 7.54. The van der Waals surface area contributed by atoms with Gasteiger partial charge in [-0.3, -0.25) is 14.3 Å². The molecule has 1 N–H and O–H groups in total. The van der Waals surface area contributed by atoms with Crippen LogP contribution in [0.3, 0.4) is 0 Å². The minimum Gasteiger partial charge on any atom is -0.463 e. The summed E-state index contributed by atoms with van der Waals surface area (Å²) in [4.78, 5) is 28.8. The van der Waals surface area contributed by atoms with Gasteiger partial charge in [0.15, 0.2) is 5.76 Å². The Labute approximate surface area is 202 Å². The Bertz CT molecular complexity index is 1400. The summed E-state index contributed by atoms with van der Waals surface area (Å²) in [7, 11) is 0. The van der Waals surface area contributed by atoms with Crippen LogP contribution in [0.15, 0.2) is 77.4 Å². The zero-order chi connectivity index (χ0) is 24.6. The number of fused-ring (bicyclic) bond motifs is 1. The highest BCUT2D eigenvalue weighted by Crippen LogP contribution is 2.31. The lowest BCUT2D eigenvalue weighted by Crippen LogP contribution is -2.63. The molecule has 1 atom stereocenters. The first-order valence-corrected chi connectivity index (χ1v) is 11.4. The second-order valence-corrected chi connectivity index (χ2v) is 8.95. The summed E-state index contributed by atoms with van der Waals surface area (Å²) in [5.74, 6) is -0.546. The molecule has 0 aliphatic carbocycles. The molecule has 1 aliphatic rings. The fourth-order valence-electron chi connectivity index (χ4n) is 4.43. The van der Waals surface area contributed by atoms with Crippen LogP contribution in [0, 0.1) is 12.7 Å². The van der Waals surface area contributed by atoms with Gasteiger partial charge in [0.05, 0.1) is 12.8 Å². The molecule has 5 rings (SSSR count). The summed E-state index contributed by atoms with van der Waals surface area (Å²) in [6, 6.07) is 19.0. The number of furan rings is 1. The predicted molar refractivity (Wildman–Crippen MR) is 128 cm³/mol. The van der Waals surface area contributed by atoms with E-state index in [2.05, 4.69) is 10.4 Å². The predicted octanol–water partition coefficient (Wildman–Crippen LogP) is 4.32. The SMILES string of the molecule is Cc1ccccc1CNC(=O)C1(C)Cn2nc(-c3ccco3)cc2C(=O)N1Cc1cccc(F)c1. The molecule has 0 bridgehead atoms. The Hall–Kier alpha value is -4.20. The number of halogens is 1. The molecule has 2 aromatic carbocycles. The third kappa shape index (κ3) is 4.23. The molecule has 3 heterocycles. The second-order valence-electron chi connectivity index (χ2n) is 8.95. The van der Waals surface area contributed by atoms with Crippen LogP contribution in [0.25, 0.3) is 11.5 Å². The van der Waals surface area contributed by atoms with Crippen LogP contribution in [-0.2, 0) is 24.4 Å². The van der Waals surface area contributed by atoms with E-state index in [4.69, 9.17) is 4.42 Å². The molecule has 35 heavy (non-hydrogen) atoms. The number of amides is 2. The standard InChI is InChI=1S/C27H25FN4O3/c1-18-7-3-4-9-20(18)15-29-26(34)27(2)17-32-23(14-22(30-32)24-11-6-12-35-24)25(33)31(27)16-19-8-5-10-21(28)13-19/h3-14H,15-17H2,1-2H3,(H,29,34). The van der Waals surface area contributed by atoms with E-state index in [1.807, 2.05) is 31.2 Å². The number of nitrogens with zero attached hydrogens (tertiary/aromatic N) is 3. The van der Waals surface area contributed by atoms with Gasteiger partial charge in [-0.25, -0.2) is 4.39 Å². The van der Waals surface area contributed by atoms with Gasteiger partial charge in [0.2, 0.25) is 5.91 Å². The molecule has 0 radical (unpaired) electrons. The van der Waals surface area contributed by atoms with E-state index in [9.17, 15) is 14.0 Å². The number of rotatable bonds is 6. The third-order valence-electron chi connectivity index (χ3n) is 6.49. The molecule has 8 heteroatoms. The second kappa shape index (κ2) is 8.87. The summed E-state index contributed by atoms with van der Waals surface area (Å²) in [6.45, 7) is 4.24. The largest absolute Gasteiger partial charge is 0.463 e. The van der Waals surface area contributed by atoms with Crippen molar-refractivity contribution >= 4 is 11.8 Å². The molecule has 178 valence electrons. The maximum Gasteiger partial charge on any atom is 0.273 e. The molecule has 2 amide bonds. The van der Waals surface area contributed by atoms with Crippen LogP contribution < -0.4 is 5.32 Å². The van der Waals surface area contributed by atoms with Gasteiger partial charge in [0.25, 0.3) is 5.91 Å². The average Bonchev–Trinajstić information content (AvgIpc) is 3.51. The smallest absolute Gasteiger partial charge is 0.273 e. The van der Waals surface area contributed by atoms with Gasteiger partial charge in [-0.15, -0.1) is 0 Å². The van der Waals surface area contributed by atoms with Crippen LogP contribution in [0.2, 0.25) is 0 Å². The van der Waals surface area contributed by atoms with Crippen molar-refractivity contribution in [2.24, 2.45) is 0 Å². The highest BCUT2D eigenvalue weighted by atomic mass is 19.1. The van der Waals surface area contributed by atoms with Crippen molar-refractivity contribution in [3.05, 3.63) is 101 Å². The molecule has 0 fully saturated rings. The lowest BCUT2D eigenvalue weighted by Gasteiger charge is -2.43. The minimum atomic E-state index is -1.26. The third-order valence-corrected chi connectivity index (χ3v) is 6.49.